The molecule has 0 fully saturated rings. The van der Waals surface area contributed by atoms with Gasteiger partial charge in [-0.3, -0.25) is 9.59 Å². The lowest BCUT2D eigenvalue weighted by Crippen LogP contribution is -2.09. The zero-order valence-electron chi connectivity index (χ0n) is 14.1. The van der Waals surface area contributed by atoms with Crippen LogP contribution >= 0.6 is 0 Å². The van der Waals surface area contributed by atoms with E-state index >= 15 is 0 Å². The highest BCUT2D eigenvalue weighted by Gasteiger charge is 2.04. The second kappa shape index (κ2) is 8.87. The van der Waals surface area contributed by atoms with Crippen LogP contribution in [0.25, 0.3) is 0 Å². The van der Waals surface area contributed by atoms with Crippen molar-refractivity contribution in [2.75, 3.05) is 13.2 Å². The topological polar surface area (TPSA) is 52.6 Å². The molecule has 0 N–H and O–H groups in total. The van der Waals surface area contributed by atoms with E-state index in [1.807, 2.05) is 13.8 Å². The molecule has 2 rings (SSSR count). The van der Waals surface area contributed by atoms with E-state index in [0.717, 1.165) is 0 Å². The van der Waals surface area contributed by atoms with Crippen LogP contribution in [0.15, 0.2) is 48.5 Å². The van der Waals surface area contributed by atoms with Crippen LogP contribution in [0, 0.1) is 0 Å². The largest absolute Gasteiger partial charge is 0.490 e. The maximum atomic E-state index is 11.5. The lowest BCUT2D eigenvalue weighted by Gasteiger charge is -2.09. The van der Waals surface area contributed by atoms with E-state index in [0.29, 0.717) is 48.7 Å². The molecule has 0 aromatic heterocycles. The summed E-state index contributed by atoms with van der Waals surface area (Å²) in [6.45, 7) is 4.48. The van der Waals surface area contributed by atoms with E-state index in [-0.39, 0.29) is 11.6 Å². The minimum Gasteiger partial charge on any atom is -0.490 e. The minimum absolute atomic E-state index is 0.120. The molecule has 0 atom stereocenters. The number of rotatable bonds is 9. The Morgan fingerprint density at radius 1 is 0.667 bits per heavy atom. The fraction of sp³-hybridized carbons (Fsp3) is 0.300. The number of carbonyl (C=O) groups is 2. The van der Waals surface area contributed by atoms with E-state index in [9.17, 15) is 9.59 Å². The molecule has 0 saturated heterocycles. The summed E-state index contributed by atoms with van der Waals surface area (Å²) in [7, 11) is 0. The SMILES string of the molecule is CCC(=O)c1ccc(OCCOc2ccc(C(=O)CC)cc2)cc1. The summed E-state index contributed by atoms with van der Waals surface area (Å²) in [6, 6.07) is 14.2. The van der Waals surface area contributed by atoms with Crippen molar-refractivity contribution in [2.45, 2.75) is 26.7 Å². The number of benzene rings is 2. The van der Waals surface area contributed by atoms with E-state index in [1.165, 1.54) is 0 Å². The summed E-state index contributed by atoms with van der Waals surface area (Å²) in [6.07, 6.45) is 0.993. The van der Waals surface area contributed by atoms with Gasteiger partial charge in [0.2, 0.25) is 0 Å². The quantitative estimate of drug-likeness (QED) is 0.508. The van der Waals surface area contributed by atoms with Crippen LogP contribution in [-0.4, -0.2) is 24.8 Å². The van der Waals surface area contributed by atoms with Gasteiger partial charge in [-0.2, -0.15) is 0 Å². The molecule has 2 aromatic rings. The molecule has 0 saturated carbocycles. The van der Waals surface area contributed by atoms with Gasteiger partial charge in [0.1, 0.15) is 24.7 Å². The highest BCUT2D eigenvalue weighted by Crippen LogP contribution is 2.15. The molecule has 0 aliphatic carbocycles. The van der Waals surface area contributed by atoms with Crippen molar-refractivity contribution in [1.29, 1.82) is 0 Å². The van der Waals surface area contributed by atoms with Crippen molar-refractivity contribution in [2.24, 2.45) is 0 Å². The Bertz CT molecular complexity index is 610. The first-order valence-electron chi connectivity index (χ1n) is 8.16. The zero-order chi connectivity index (χ0) is 17.4. The molecule has 2 aromatic carbocycles. The second-order valence-electron chi connectivity index (χ2n) is 5.30. The maximum Gasteiger partial charge on any atom is 0.162 e. The Labute approximate surface area is 142 Å². The lowest BCUT2D eigenvalue weighted by molar-refractivity contribution is 0.0980. The molecule has 0 heterocycles. The maximum absolute atomic E-state index is 11.5. The number of carbonyl (C=O) groups excluding carboxylic acids is 2. The fourth-order valence-electron chi connectivity index (χ4n) is 2.20. The highest BCUT2D eigenvalue weighted by molar-refractivity contribution is 5.96. The van der Waals surface area contributed by atoms with Crippen LogP contribution in [0.3, 0.4) is 0 Å². The molecule has 4 nitrogen and oxygen atoms in total. The third-order valence-corrected chi connectivity index (χ3v) is 3.62. The van der Waals surface area contributed by atoms with Gasteiger partial charge in [-0.1, -0.05) is 13.8 Å². The number of ketones is 2. The Morgan fingerprint density at radius 3 is 1.29 bits per heavy atom. The molecule has 24 heavy (non-hydrogen) atoms. The zero-order valence-corrected chi connectivity index (χ0v) is 14.1. The Kier molecular flexibility index (Phi) is 6.55. The van der Waals surface area contributed by atoms with Gasteiger partial charge < -0.3 is 9.47 Å². The molecular weight excluding hydrogens is 304 g/mol. The van der Waals surface area contributed by atoms with Gasteiger partial charge in [0.15, 0.2) is 11.6 Å². The third-order valence-electron chi connectivity index (χ3n) is 3.62. The average molecular weight is 326 g/mol. The van der Waals surface area contributed by atoms with Crippen LogP contribution in [0.2, 0.25) is 0 Å². The van der Waals surface area contributed by atoms with Crippen molar-refractivity contribution >= 4 is 11.6 Å². The van der Waals surface area contributed by atoms with Gasteiger partial charge in [0.25, 0.3) is 0 Å². The fourth-order valence-corrected chi connectivity index (χ4v) is 2.20. The standard InChI is InChI=1S/C20H22O4/c1-3-19(21)15-5-9-17(10-6-15)23-13-14-24-18-11-7-16(8-12-18)20(22)4-2/h5-12H,3-4,13-14H2,1-2H3. The summed E-state index contributed by atoms with van der Waals surface area (Å²) >= 11 is 0. The smallest absolute Gasteiger partial charge is 0.162 e. The molecule has 0 bridgehead atoms. The van der Waals surface area contributed by atoms with Crippen molar-refractivity contribution in [3.8, 4) is 11.5 Å². The lowest BCUT2D eigenvalue weighted by atomic mass is 10.1. The van der Waals surface area contributed by atoms with Crippen molar-refractivity contribution in [3.63, 3.8) is 0 Å². The second-order valence-corrected chi connectivity index (χ2v) is 5.30. The normalized spacial score (nSPS) is 10.2. The Hall–Kier alpha value is -2.62. The molecule has 4 heteroatoms. The molecule has 0 unspecified atom stereocenters. The van der Waals surface area contributed by atoms with Gasteiger partial charge >= 0.3 is 0 Å². The summed E-state index contributed by atoms with van der Waals surface area (Å²) < 4.78 is 11.2. The van der Waals surface area contributed by atoms with Crippen LogP contribution in [-0.2, 0) is 0 Å². The van der Waals surface area contributed by atoms with Gasteiger partial charge in [0, 0.05) is 24.0 Å². The van der Waals surface area contributed by atoms with Gasteiger partial charge in [-0.05, 0) is 48.5 Å². The predicted molar refractivity (Wildman–Crippen MR) is 93.1 cm³/mol. The Morgan fingerprint density at radius 2 is 1.00 bits per heavy atom. The highest BCUT2D eigenvalue weighted by atomic mass is 16.5. The molecule has 0 aliphatic rings. The summed E-state index contributed by atoms with van der Waals surface area (Å²) in [5.74, 6) is 1.65. The van der Waals surface area contributed by atoms with Crippen LogP contribution in [0.1, 0.15) is 47.4 Å². The number of hydrogen-bond acceptors (Lipinski definition) is 4. The predicted octanol–water partition coefficient (Wildman–Crippen LogP) is 4.33. The average Bonchev–Trinajstić information content (AvgIpc) is 2.65. The molecule has 0 aliphatic heterocycles. The monoisotopic (exact) mass is 326 g/mol. The first kappa shape index (κ1) is 17.7. The number of ether oxygens (including phenoxy) is 2. The third kappa shape index (κ3) is 4.95. The molecule has 0 spiro atoms. The number of Topliss-reactive ketones (excluding diaryl/α,β-unsaturated/α-hetero) is 2. The molecular formula is C20H22O4. The molecule has 0 amide bonds. The van der Waals surface area contributed by atoms with Crippen LogP contribution in [0.4, 0.5) is 0 Å². The summed E-state index contributed by atoms with van der Waals surface area (Å²) in [5.41, 5.74) is 1.39. The van der Waals surface area contributed by atoms with Gasteiger partial charge in [-0.25, -0.2) is 0 Å². The minimum atomic E-state index is 0.120. The van der Waals surface area contributed by atoms with E-state index in [1.54, 1.807) is 48.5 Å². The number of hydrogen-bond donors (Lipinski definition) is 0. The Balaban J connectivity index is 1.76. The van der Waals surface area contributed by atoms with Gasteiger partial charge in [0.05, 0.1) is 0 Å². The van der Waals surface area contributed by atoms with Crippen LogP contribution < -0.4 is 9.47 Å². The van der Waals surface area contributed by atoms with E-state index in [2.05, 4.69) is 0 Å². The van der Waals surface area contributed by atoms with Crippen molar-refractivity contribution in [3.05, 3.63) is 59.7 Å². The van der Waals surface area contributed by atoms with Crippen LogP contribution in [0.5, 0.6) is 11.5 Å². The van der Waals surface area contributed by atoms with Crippen molar-refractivity contribution in [1.82, 2.24) is 0 Å². The van der Waals surface area contributed by atoms with E-state index < -0.39 is 0 Å². The van der Waals surface area contributed by atoms with Crippen molar-refractivity contribution < 1.29 is 19.1 Å². The van der Waals surface area contributed by atoms with E-state index in [4.69, 9.17) is 9.47 Å². The first-order chi connectivity index (χ1) is 11.6. The first-order valence-corrected chi connectivity index (χ1v) is 8.16. The van der Waals surface area contributed by atoms with Gasteiger partial charge in [-0.15, -0.1) is 0 Å². The summed E-state index contributed by atoms with van der Waals surface area (Å²) in [4.78, 5) is 23.1. The summed E-state index contributed by atoms with van der Waals surface area (Å²) in [5, 5.41) is 0. The molecule has 0 radical (unpaired) electrons. The molecule has 126 valence electrons.